The Hall–Kier alpha value is 0.0500. The van der Waals surface area contributed by atoms with Crippen LogP contribution in [0.15, 0.2) is 12.0 Å². The van der Waals surface area contributed by atoms with E-state index < -0.39 is 0 Å². The largest absolute Gasteiger partial charge is 0.323 e. The molecule has 0 rings (SSSR count). The highest BCUT2D eigenvalue weighted by atomic mass is 32.1. The second kappa shape index (κ2) is 19.7. The summed E-state index contributed by atoms with van der Waals surface area (Å²) >= 11 is 3.55. The maximum Gasteiger partial charge on any atom is -0.0167 e. The van der Waals surface area contributed by atoms with Crippen LogP contribution < -0.4 is 5.32 Å². The van der Waals surface area contributed by atoms with Gasteiger partial charge in [-0.1, -0.05) is 6.58 Å². The molecule has 0 unspecified atom stereocenters. The lowest BCUT2D eigenvalue weighted by Crippen LogP contribution is -1.89. The van der Waals surface area contributed by atoms with E-state index in [9.17, 15) is 0 Å². The molecule has 1 nitrogen and oxygen atoms in total. The fourth-order valence-electron chi connectivity index (χ4n) is 0. The zero-order valence-corrected chi connectivity index (χ0v) is 5.13. The molecule has 0 aromatic heterocycles. The Bertz CT molecular complexity index is 21.5. The summed E-state index contributed by atoms with van der Waals surface area (Å²) in [6.45, 7) is 3.23. The molecule has 38 valence electrons. The van der Waals surface area contributed by atoms with E-state index in [1.807, 2.05) is 14.1 Å². The highest BCUT2D eigenvalue weighted by Gasteiger charge is 1.25. The average Bonchev–Trinajstić information content (AvgIpc) is 1.39. The SMILES string of the molecule is C=CS.CNC. The van der Waals surface area contributed by atoms with Crippen molar-refractivity contribution >= 4 is 12.6 Å². The molecule has 2 heteroatoms. The quantitative estimate of drug-likeness (QED) is 0.436. The van der Waals surface area contributed by atoms with E-state index in [2.05, 4.69) is 24.5 Å². The molecule has 0 bridgehead atoms. The van der Waals surface area contributed by atoms with Crippen molar-refractivity contribution in [2.24, 2.45) is 0 Å². The third-order valence-corrected chi connectivity index (χ3v) is 0. The molecule has 0 aromatic carbocycles. The molecule has 0 amide bonds. The van der Waals surface area contributed by atoms with Gasteiger partial charge in [0, 0.05) is 0 Å². The zero-order valence-electron chi connectivity index (χ0n) is 4.23. The second-order valence-corrected chi connectivity index (χ2v) is 1.05. The smallest absolute Gasteiger partial charge is 0.0167 e. The molecule has 0 saturated heterocycles. The topological polar surface area (TPSA) is 12.0 Å². The summed E-state index contributed by atoms with van der Waals surface area (Å²) in [5, 5.41) is 4.19. The Morgan fingerprint density at radius 2 is 1.67 bits per heavy atom. The van der Waals surface area contributed by atoms with Gasteiger partial charge in [-0.05, 0) is 19.5 Å². The van der Waals surface area contributed by atoms with Crippen molar-refractivity contribution in [2.45, 2.75) is 0 Å². The lowest BCUT2D eigenvalue weighted by Gasteiger charge is -1.59. The Kier molecular flexibility index (Phi) is 30.9. The van der Waals surface area contributed by atoms with E-state index in [4.69, 9.17) is 0 Å². The fourth-order valence-corrected chi connectivity index (χ4v) is 0. The van der Waals surface area contributed by atoms with Crippen molar-refractivity contribution in [1.82, 2.24) is 5.32 Å². The van der Waals surface area contributed by atoms with Gasteiger partial charge in [-0.15, -0.1) is 0 Å². The van der Waals surface area contributed by atoms with Crippen molar-refractivity contribution in [1.29, 1.82) is 0 Å². The first-order chi connectivity index (χ1) is 2.83. The summed E-state index contributed by atoms with van der Waals surface area (Å²) in [4.78, 5) is 0. The van der Waals surface area contributed by atoms with Gasteiger partial charge in [-0.25, -0.2) is 0 Å². The van der Waals surface area contributed by atoms with Crippen LogP contribution in [0.2, 0.25) is 0 Å². The first kappa shape index (κ1) is 9.41. The van der Waals surface area contributed by atoms with Crippen molar-refractivity contribution in [3.8, 4) is 0 Å². The Balaban J connectivity index is 0. The molecule has 0 fully saturated rings. The summed E-state index contributed by atoms with van der Waals surface area (Å²) < 4.78 is 0. The molecule has 0 spiro atoms. The van der Waals surface area contributed by atoms with E-state index in [-0.39, 0.29) is 0 Å². The number of rotatable bonds is 0. The van der Waals surface area contributed by atoms with E-state index in [0.29, 0.717) is 0 Å². The minimum atomic E-state index is 1.44. The van der Waals surface area contributed by atoms with E-state index in [1.54, 1.807) is 0 Å². The minimum absolute atomic E-state index is 1.44. The molecular formula is C4H11NS. The van der Waals surface area contributed by atoms with Crippen molar-refractivity contribution in [3.05, 3.63) is 12.0 Å². The zero-order chi connectivity index (χ0) is 5.41. The average molecular weight is 105 g/mol. The summed E-state index contributed by atoms with van der Waals surface area (Å²) in [7, 11) is 3.75. The van der Waals surface area contributed by atoms with Gasteiger partial charge in [-0.3, -0.25) is 0 Å². The predicted octanol–water partition coefficient (Wildman–Crippen LogP) is 0.895. The Labute approximate surface area is 44.9 Å². The van der Waals surface area contributed by atoms with Crippen LogP contribution >= 0.6 is 12.6 Å². The van der Waals surface area contributed by atoms with Crippen LogP contribution in [-0.2, 0) is 0 Å². The van der Waals surface area contributed by atoms with Crippen molar-refractivity contribution < 1.29 is 0 Å². The molecular weight excluding hydrogens is 94.1 g/mol. The van der Waals surface area contributed by atoms with Gasteiger partial charge in [0.1, 0.15) is 0 Å². The highest BCUT2D eigenvalue weighted by Crippen LogP contribution is 1.58. The normalized spacial score (nSPS) is 5.17. The van der Waals surface area contributed by atoms with Gasteiger partial charge in [0.25, 0.3) is 0 Å². The maximum absolute atomic E-state index is 3.55. The van der Waals surface area contributed by atoms with Crippen molar-refractivity contribution in [3.63, 3.8) is 0 Å². The molecule has 0 heterocycles. The lowest BCUT2D eigenvalue weighted by molar-refractivity contribution is 1.02. The predicted molar refractivity (Wildman–Crippen MR) is 34.2 cm³/mol. The Morgan fingerprint density at radius 1 is 1.67 bits per heavy atom. The first-order valence-electron chi connectivity index (χ1n) is 1.67. The van der Waals surface area contributed by atoms with Crippen LogP contribution in [0.4, 0.5) is 0 Å². The molecule has 0 saturated carbocycles. The summed E-state index contributed by atoms with van der Waals surface area (Å²) in [6, 6.07) is 0. The summed E-state index contributed by atoms with van der Waals surface area (Å²) in [5.74, 6) is 0. The van der Waals surface area contributed by atoms with Crippen LogP contribution in [0.25, 0.3) is 0 Å². The van der Waals surface area contributed by atoms with E-state index in [1.165, 1.54) is 5.41 Å². The minimum Gasteiger partial charge on any atom is -0.323 e. The first-order valence-corrected chi connectivity index (χ1v) is 2.18. The Morgan fingerprint density at radius 3 is 1.67 bits per heavy atom. The lowest BCUT2D eigenvalue weighted by atomic mass is 11.3. The third kappa shape index (κ3) is 15100. The van der Waals surface area contributed by atoms with Gasteiger partial charge in [0.15, 0.2) is 0 Å². The van der Waals surface area contributed by atoms with E-state index >= 15 is 0 Å². The van der Waals surface area contributed by atoms with Crippen LogP contribution in [0.3, 0.4) is 0 Å². The van der Waals surface area contributed by atoms with Crippen molar-refractivity contribution in [2.75, 3.05) is 14.1 Å². The molecule has 0 aliphatic heterocycles. The molecule has 6 heavy (non-hydrogen) atoms. The molecule has 0 aliphatic rings. The molecule has 0 aliphatic carbocycles. The fraction of sp³-hybridized carbons (Fsp3) is 0.500. The second-order valence-electron chi connectivity index (χ2n) is 0.683. The van der Waals surface area contributed by atoms with Gasteiger partial charge < -0.3 is 5.32 Å². The standard InChI is InChI=1S/C2H7N.C2H4S/c1-3-2;1-2-3/h3H,1-2H3;2-3H,1H2. The van der Waals surface area contributed by atoms with Gasteiger partial charge in [0.05, 0.1) is 0 Å². The number of thiol groups is 1. The number of hydrogen-bond donors (Lipinski definition) is 2. The van der Waals surface area contributed by atoms with Gasteiger partial charge >= 0.3 is 0 Å². The molecule has 1 N–H and O–H groups in total. The molecule has 0 atom stereocenters. The van der Waals surface area contributed by atoms with Gasteiger partial charge in [0.2, 0.25) is 0 Å². The number of nitrogens with one attached hydrogen (secondary N) is 1. The van der Waals surface area contributed by atoms with Gasteiger partial charge in [-0.2, -0.15) is 12.6 Å². The highest BCUT2D eigenvalue weighted by molar-refractivity contribution is 7.83. The number of hydrogen-bond acceptors (Lipinski definition) is 2. The van der Waals surface area contributed by atoms with Crippen LogP contribution in [-0.4, -0.2) is 14.1 Å². The molecule has 0 radical (unpaired) electrons. The molecule has 0 aromatic rings. The third-order valence-electron chi connectivity index (χ3n) is 0. The monoisotopic (exact) mass is 105 g/mol. The van der Waals surface area contributed by atoms with Crippen LogP contribution in [0, 0.1) is 0 Å². The summed E-state index contributed by atoms with van der Waals surface area (Å²) in [5.41, 5.74) is 0. The van der Waals surface area contributed by atoms with Crippen LogP contribution in [0.5, 0.6) is 0 Å². The van der Waals surface area contributed by atoms with E-state index in [0.717, 1.165) is 0 Å². The van der Waals surface area contributed by atoms with Crippen LogP contribution in [0.1, 0.15) is 0 Å². The summed E-state index contributed by atoms with van der Waals surface area (Å²) in [6.07, 6.45) is 0. The maximum atomic E-state index is 3.55.